The quantitative estimate of drug-likeness (QED) is 0.773. The molecular formula is C10H23NO3S. The van der Waals surface area contributed by atoms with Crippen molar-refractivity contribution in [2.75, 3.05) is 6.61 Å². The van der Waals surface area contributed by atoms with Gasteiger partial charge in [0, 0.05) is 6.04 Å². The lowest BCUT2D eigenvalue weighted by atomic mass is 9.88. The molecular weight excluding hydrogens is 214 g/mol. The summed E-state index contributed by atoms with van der Waals surface area (Å²) in [4.78, 5) is 0. The summed E-state index contributed by atoms with van der Waals surface area (Å²) in [6.45, 7) is 10.4. The average molecular weight is 237 g/mol. The third-order valence-corrected chi connectivity index (χ3v) is 4.54. The summed E-state index contributed by atoms with van der Waals surface area (Å²) in [5, 5.41) is 9.16. The van der Waals surface area contributed by atoms with Crippen molar-refractivity contribution in [1.29, 1.82) is 0 Å². The summed E-state index contributed by atoms with van der Waals surface area (Å²) in [5.74, 6) is 0. The Morgan fingerprint density at radius 3 is 1.73 bits per heavy atom. The second-order valence-corrected chi connectivity index (χ2v) is 8.30. The van der Waals surface area contributed by atoms with E-state index < -0.39 is 20.8 Å². The van der Waals surface area contributed by atoms with Gasteiger partial charge < -0.3 is 5.11 Å². The fraction of sp³-hybridized carbons (Fsp3) is 1.00. The van der Waals surface area contributed by atoms with Crippen LogP contribution in [-0.4, -0.2) is 30.9 Å². The monoisotopic (exact) mass is 237 g/mol. The van der Waals surface area contributed by atoms with Crippen molar-refractivity contribution in [3.05, 3.63) is 0 Å². The van der Waals surface area contributed by atoms with Crippen molar-refractivity contribution >= 4 is 10.0 Å². The molecule has 0 aliphatic carbocycles. The largest absolute Gasteiger partial charge is 0.395 e. The van der Waals surface area contributed by atoms with Gasteiger partial charge in [0.25, 0.3) is 0 Å². The predicted molar refractivity (Wildman–Crippen MR) is 62.1 cm³/mol. The maximum atomic E-state index is 11.8. The molecule has 0 aromatic heterocycles. The van der Waals surface area contributed by atoms with Crippen molar-refractivity contribution in [3.63, 3.8) is 0 Å². The van der Waals surface area contributed by atoms with Crippen LogP contribution in [-0.2, 0) is 10.0 Å². The summed E-state index contributed by atoms with van der Waals surface area (Å²) in [5.41, 5.74) is -0.299. The van der Waals surface area contributed by atoms with Crippen LogP contribution in [0.3, 0.4) is 0 Å². The van der Waals surface area contributed by atoms with E-state index in [1.807, 2.05) is 20.8 Å². The van der Waals surface area contributed by atoms with E-state index in [1.165, 1.54) is 0 Å². The Kier molecular flexibility index (Phi) is 4.35. The molecule has 0 spiro atoms. The molecule has 2 N–H and O–H groups in total. The van der Waals surface area contributed by atoms with Crippen LogP contribution in [0.2, 0.25) is 0 Å². The smallest absolute Gasteiger partial charge is 0.216 e. The van der Waals surface area contributed by atoms with Gasteiger partial charge in [-0.2, -0.15) is 0 Å². The highest BCUT2D eigenvalue weighted by Gasteiger charge is 2.34. The zero-order valence-corrected chi connectivity index (χ0v) is 11.3. The number of nitrogens with one attached hydrogen (secondary N) is 1. The van der Waals surface area contributed by atoms with Crippen LogP contribution in [0.1, 0.15) is 41.5 Å². The van der Waals surface area contributed by atoms with Gasteiger partial charge in [-0.05, 0) is 26.2 Å². The fourth-order valence-electron chi connectivity index (χ4n) is 0.852. The highest BCUT2D eigenvalue weighted by atomic mass is 32.2. The first-order valence-electron chi connectivity index (χ1n) is 5.04. The standard InChI is InChI=1S/C10H23NO3S/c1-9(2,3)8(7-12)11-15(13,14)10(4,5)6/h8,11-12H,7H2,1-6H3/t8-/m0/s1. The lowest BCUT2D eigenvalue weighted by Gasteiger charge is -2.32. The third kappa shape index (κ3) is 4.09. The Bertz CT molecular complexity index is 296. The molecule has 0 rings (SSSR count). The number of sulfonamides is 1. The van der Waals surface area contributed by atoms with Gasteiger partial charge in [-0.3, -0.25) is 0 Å². The summed E-state index contributed by atoms with van der Waals surface area (Å²) in [7, 11) is -3.40. The topological polar surface area (TPSA) is 66.4 Å². The van der Waals surface area contributed by atoms with Crippen molar-refractivity contribution in [2.24, 2.45) is 5.41 Å². The Labute approximate surface area is 93.1 Å². The molecule has 0 heterocycles. The minimum Gasteiger partial charge on any atom is -0.395 e. The molecule has 0 unspecified atom stereocenters. The SMILES string of the molecule is CC(C)(C)[C@H](CO)NS(=O)(=O)C(C)(C)C. The molecule has 0 saturated carbocycles. The first-order valence-corrected chi connectivity index (χ1v) is 6.53. The molecule has 0 bridgehead atoms. The number of aliphatic hydroxyl groups excluding tert-OH is 1. The van der Waals surface area contributed by atoms with Crippen molar-refractivity contribution in [1.82, 2.24) is 4.72 Å². The van der Waals surface area contributed by atoms with Crippen LogP contribution in [0.4, 0.5) is 0 Å². The second kappa shape index (κ2) is 4.39. The molecule has 1 atom stereocenters. The molecule has 0 aromatic rings. The van der Waals surface area contributed by atoms with Gasteiger partial charge in [-0.15, -0.1) is 0 Å². The number of rotatable bonds is 3. The Hall–Kier alpha value is -0.130. The molecule has 0 aromatic carbocycles. The third-order valence-electron chi connectivity index (χ3n) is 2.33. The fourth-order valence-corrected chi connectivity index (χ4v) is 2.01. The van der Waals surface area contributed by atoms with E-state index in [1.54, 1.807) is 20.8 Å². The zero-order chi connectivity index (χ0) is 12.5. The van der Waals surface area contributed by atoms with Gasteiger partial charge in [0.1, 0.15) is 0 Å². The number of hydrogen-bond donors (Lipinski definition) is 2. The van der Waals surface area contributed by atoms with Gasteiger partial charge >= 0.3 is 0 Å². The minimum absolute atomic E-state index is 0.196. The average Bonchev–Trinajstić information content (AvgIpc) is 1.95. The Morgan fingerprint density at radius 1 is 1.13 bits per heavy atom. The maximum Gasteiger partial charge on any atom is 0.216 e. The van der Waals surface area contributed by atoms with E-state index in [0.717, 1.165) is 0 Å². The van der Waals surface area contributed by atoms with Crippen LogP contribution >= 0.6 is 0 Å². The normalized spacial score (nSPS) is 16.5. The lowest BCUT2D eigenvalue weighted by molar-refractivity contribution is 0.176. The summed E-state index contributed by atoms with van der Waals surface area (Å²) in [6.07, 6.45) is 0. The molecule has 0 fully saturated rings. The van der Waals surface area contributed by atoms with Crippen molar-refractivity contribution in [2.45, 2.75) is 52.3 Å². The Balaban J connectivity index is 4.88. The van der Waals surface area contributed by atoms with Gasteiger partial charge in [0.15, 0.2) is 0 Å². The van der Waals surface area contributed by atoms with Crippen LogP contribution in [0, 0.1) is 5.41 Å². The Morgan fingerprint density at radius 2 is 1.53 bits per heavy atom. The molecule has 15 heavy (non-hydrogen) atoms. The minimum atomic E-state index is -3.40. The van der Waals surface area contributed by atoms with E-state index >= 15 is 0 Å². The van der Waals surface area contributed by atoms with Crippen LogP contribution in [0.5, 0.6) is 0 Å². The first-order chi connectivity index (χ1) is 6.42. The molecule has 5 heteroatoms. The molecule has 4 nitrogen and oxygen atoms in total. The van der Waals surface area contributed by atoms with E-state index in [-0.39, 0.29) is 12.0 Å². The van der Waals surface area contributed by atoms with E-state index in [4.69, 9.17) is 5.11 Å². The summed E-state index contributed by atoms with van der Waals surface area (Å²) >= 11 is 0. The van der Waals surface area contributed by atoms with E-state index in [0.29, 0.717) is 0 Å². The molecule has 0 radical (unpaired) electrons. The van der Waals surface area contributed by atoms with E-state index in [9.17, 15) is 8.42 Å². The van der Waals surface area contributed by atoms with Gasteiger partial charge in [-0.1, -0.05) is 20.8 Å². The van der Waals surface area contributed by atoms with Crippen molar-refractivity contribution < 1.29 is 13.5 Å². The highest BCUT2D eigenvalue weighted by molar-refractivity contribution is 7.90. The van der Waals surface area contributed by atoms with Crippen LogP contribution in [0.25, 0.3) is 0 Å². The predicted octanol–water partition coefficient (Wildman–Crippen LogP) is 1.11. The second-order valence-electron chi connectivity index (χ2n) is 5.83. The molecule has 0 saturated heterocycles. The summed E-state index contributed by atoms with van der Waals surface area (Å²) in [6, 6.07) is -0.457. The highest BCUT2D eigenvalue weighted by Crippen LogP contribution is 2.22. The first kappa shape index (κ1) is 14.9. The van der Waals surface area contributed by atoms with E-state index in [2.05, 4.69) is 4.72 Å². The van der Waals surface area contributed by atoms with Crippen LogP contribution < -0.4 is 4.72 Å². The molecule has 0 aliphatic rings. The van der Waals surface area contributed by atoms with Crippen LogP contribution in [0.15, 0.2) is 0 Å². The lowest BCUT2D eigenvalue weighted by Crippen LogP contribution is -2.51. The molecule has 0 amide bonds. The van der Waals surface area contributed by atoms with Gasteiger partial charge in [0.2, 0.25) is 10.0 Å². The zero-order valence-electron chi connectivity index (χ0n) is 10.5. The van der Waals surface area contributed by atoms with Gasteiger partial charge in [-0.25, -0.2) is 13.1 Å². The maximum absolute atomic E-state index is 11.8. The molecule has 0 aliphatic heterocycles. The van der Waals surface area contributed by atoms with Gasteiger partial charge in [0.05, 0.1) is 11.4 Å². The van der Waals surface area contributed by atoms with Crippen molar-refractivity contribution in [3.8, 4) is 0 Å². The summed E-state index contributed by atoms with van der Waals surface area (Å²) < 4.78 is 25.4. The molecule has 92 valence electrons. The number of hydrogen-bond acceptors (Lipinski definition) is 3. The number of aliphatic hydroxyl groups is 1.